The summed E-state index contributed by atoms with van der Waals surface area (Å²) in [6.07, 6.45) is 15.5. The van der Waals surface area contributed by atoms with Crippen LogP contribution in [0.25, 0.3) is 0 Å². The van der Waals surface area contributed by atoms with Crippen LogP contribution in [0.1, 0.15) is 102 Å². The highest BCUT2D eigenvalue weighted by Crippen LogP contribution is 2.14. The molecule has 4 nitrogen and oxygen atoms in total. The summed E-state index contributed by atoms with van der Waals surface area (Å²) in [5, 5.41) is 18.7. The van der Waals surface area contributed by atoms with Gasteiger partial charge in [-0.05, 0) is 31.2 Å². The van der Waals surface area contributed by atoms with Gasteiger partial charge in [-0.15, -0.1) is 0 Å². The Balaban J connectivity index is 1.77. The van der Waals surface area contributed by atoms with Crippen LogP contribution in [-0.4, -0.2) is 28.9 Å². The molecule has 4 heteroatoms. The van der Waals surface area contributed by atoms with Gasteiger partial charge >= 0.3 is 5.97 Å². The fourth-order valence-electron chi connectivity index (χ4n) is 3.56. The average molecular weight is 407 g/mol. The molecule has 1 unspecified atom stereocenters. The number of ether oxygens (including phenoxy) is 1. The zero-order valence-corrected chi connectivity index (χ0v) is 18.2. The van der Waals surface area contributed by atoms with Crippen molar-refractivity contribution in [2.24, 2.45) is 0 Å². The highest BCUT2D eigenvalue weighted by atomic mass is 16.5. The Hall–Kier alpha value is -1.39. The molecule has 0 saturated heterocycles. The van der Waals surface area contributed by atoms with Crippen LogP contribution in [0.2, 0.25) is 0 Å². The van der Waals surface area contributed by atoms with E-state index in [9.17, 15) is 9.90 Å². The summed E-state index contributed by atoms with van der Waals surface area (Å²) in [5.74, 6) is -0.684. The van der Waals surface area contributed by atoms with E-state index in [1.54, 1.807) is 0 Å². The molecule has 0 aliphatic rings. The first kappa shape index (κ1) is 25.6. The molecule has 0 aliphatic heterocycles. The van der Waals surface area contributed by atoms with E-state index in [2.05, 4.69) is 12.1 Å². The number of carboxylic acid groups (broad SMARTS) is 1. The lowest BCUT2D eigenvalue weighted by atomic mass is 10.0. The number of rotatable bonds is 20. The Morgan fingerprint density at radius 1 is 0.759 bits per heavy atom. The predicted octanol–water partition coefficient (Wildman–Crippen LogP) is 6.50. The van der Waals surface area contributed by atoms with Crippen molar-refractivity contribution < 1.29 is 19.7 Å². The monoisotopic (exact) mass is 406 g/mol. The number of aliphatic hydroxyl groups is 1. The van der Waals surface area contributed by atoms with Crippen molar-refractivity contribution in [3.8, 4) is 0 Å². The maximum Gasteiger partial charge on any atom is 0.303 e. The van der Waals surface area contributed by atoms with Gasteiger partial charge in [0.15, 0.2) is 0 Å². The first-order chi connectivity index (χ1) is 14.2. The minimum atomic E-state index is -0.684. The van der Waals surface area contributed by atoms with E-state index in [-0.39, 0.29) is 6.10 Å². The Bertz CT molecular complexity index is 489. The molecule has 0 amide bonds. The number of unbranched alkanes of at least 4 members (excludes halogenated alkanes) is 10. The van der Waals surface area contributed by atoms with Crippen LogP contribution in [-0.2, 0) is 16.1 Å². The number of aliphatic carboxylic acids is 1. The maximum atomic E-state index is 10.4. The van der Waals surface area contributed by atoms with Gasteiger partial charge in [0, 0.05) is 13.0 Å². The van der Waals surface area contributed by atoms with Crippen LogP contribution < -0.4 is 0 Å². The highest BCUT2D eigenvalue weighted by molar-refractivity contribution is 5.66. The molecule has 0 heterocycles. The van der Waals surface area contributed by atoms with Crippen LogP contribution in [0.4, 0.5) is 0 Å². The summed E-state index contributed by atoms with van der Waals surface area (Å²) >= 11 is 0. The summed E-state index contributed by atoms with van der Waals surface area (Å²) in [7, 11) is 0. The summed E-state index contributed by atoms with van der Waals surface area (Å²) in [5.41, 5.74) is 1.23. The first-order valence-electron chi connectivity index (χ1n) is 11.7. The van der Waals surface area contributed by atoms with Gasteiger partial charge in [-0.3, -0.25) is 4.79 Å². The van der Waals surface area contributed by atoms with E-state index in [4.69, 9.17) is 9.84 Å². The zero-order chi connectivity index (χ0) is 21.0. The van der Waals surface area contributed by atoms with Gasteiger partial charge in [0.25, 0.3) is 0 Å². The maximum absolute atomic E-state index is 10.4. The molecule has 1 aromatic rings. The second kappa shape index (κ2) is 18.6. The topological polar surface area (TPSA) is 66.8 Å². The zero-order valence-electron chi connectivity index (χ0n) is 18.2. The number of hydrogen-bond donors (Lipinski definition) is 2. The molecule has 0 spiro atoms. The van der Waals surface area contributed by atoms with Gasteiger partial charge < -0.3 is 14.9 Å². The Kier molecular flexibility index (Phi) is 16.5. The summed E-state index contributed by atoms with van der Waals surface area (Å²) < 4.78 is 5.70. The fourth-order valence-corrected chi connectivity index (χ4v) is 3.56. The van der Waals surface area contributed by atoms with Crippen LogP contribution in [0.3, 0.4) is 0 Å². The van der Waals surface area contributed by atoms with Crippen molar-refractivity contribution in [2.75, 3.05) is 6.61 Å². The third-order valence-electron chi connectivity index (χ3n) is 5.37. The van der Waals surface area contributed by atoms with Gasteiger partial charge in [-0.1, -0.05) is 94.5 Å². The second-order valence-electron chi connectivity index (χ2n) is 8.16. The Morgan fingerprint density at radius 2 is 1.28 bits per heavy atom. The lowest BCUT2D eigenvalue weighted by molar-refractivity contribution is -0.137. The minimum Gasteiger partial charge on any atom is -0.481 e. The predicted molar refractivity (Wildman–Crippen MR) is 119 cm³/mol. The standard InChI is InChI=1S/C25H42O4/c26-24(18-12-5-3-1-2-4-6-14-20-25(27)28)19-13-7-8-15-21-29-22-23-16-10-9-11-17-23/h9-11,16-17,24,26H,1-8,12-15,18-22H2,(H,27,28). The molecule has 0 fully saturated rings. The number of carbonyl (C=O) groups is 1. The molecule has 0 aromatic heterocycles. The van der Waals surface area contributed by atoms with Crippen LogP contribution >= 0.6 is 0 Å². The summed E-state index contributed by atoms with van der Waals surface area (Å²) in [6, 6.07) is 10.3. The molecule has 0 saturated carbocycles. The van der Waals surface area contributed by atoms with Crippen LogP contribution in [0, 0.1) is 0 Å². The molecule has 166 valence electrons. The molecule has 0 aliphatic carbocycles. The molecular weight excluding hydrogens is 364 g/mol. The van der Waals surface area contributed by atoms with E-state index in [1.165, 1.54) is 44.1 Å². The van der Waals surface area contributed by atoms with Crippen molar-refractivity contribution in [3.63, 3.8) is 0 Å². The van der Waals surface area contributed by atoms with Crippen LogP contribution in [0.15, 0.2) is 30.3 Å². The van der Waals surface area contributed by atoms with Gasteiger partial charge in [-0.25, -0.2) is 0 Å². The van der Waals surface area contributed by atoms with Gasteiger partial charge in [-0.2, -0.15) is 0 Å². The third-order valence-corrected chi connectivity index (χ3v) is 5.37. The number of carboxylic acids is 1. The van der Waals surface area contributed by atoms with E-state index >= 15 is 0 Å². The third kappa shape index (κ3) is 17.2. The molecule has 1 aromatic carbocycles. The highest BCUT2D eigenvalue weighted by Gasteiger charge is 2.04. The average Bonchev–Trinajstić information content (AvgIpc) is 2.72. The molecule has 29 heavy (non-hydrogen) atoms. The van der Waals surface area contributed by atoms with E-state index in [0.29, 0.717) is 13.0 Å². The van der Waals surface area contributed by atoms with E-state index in [1.807, 2.05) is 18.2 Å². The number of aliphatic hydroxyl groups excluding tert-OH is 1. The van der Waals surface area contributed by atoms with Crippen molar-refractivity contribution >= 4 is 5.97 Å². The van der Waals surface area contributed by atoms with Gasteiger partial charge in [0.2, 0.25) is 0 Å². The number of benzene rings is 1. The molecule has 0 radical (unpaired) electrons. The molecule has 1 atom stereocenters. The van der Waals surface area contributed by atoms with Gasteiger partial charge in [0.1, 0.15) is 0 Å². The van der Waals surface area contributed by atoms with E-state index in [0.717, 1.165) is 58.0 Å². The molecule has 1 rings (SSSR count). The molecule has 2 N–H and O–H groups in total. The molecular formula is C25H42O4. The van der Waals surface area contributed by atoms with Gasteiger partial charge in [0.05, 0.1) is 12.7 Å². The minimum absolute atomic E-state index is 0.139. The Labute approximate surface area is 177 Å². The quantitative estimate of drug-likeness (QED) is 0.243. The summed E-state index contributed by atoms with van der Waals surface area (Å²) in [6.45, 7) is 1.52. The lowest BCUT2D eigenvalue weighted by Crippen LogP contribution is -2.06. The largest absolute Gasteiger partial charge is 0.481 e. The Morgan fingerprint density at radius 3 is 1.86 bits per heavy atom. The number of hydrogen-bond acceptors (Lipinski definition) is 3. The van der Waals surface area contributed by atoms with E-state index < -0.39 is 5.97 Å². The SMILES string of the molecule is O=C(O)CCCCCCCCCCC(O)CCCCCCOCc1ccccc1. The lowest BCUT2D eigenvalue weighted by Gasteiger charge is -2.10. The van der Waals surface area contributed by atoms with Crippen molar-refractivity contribution in [1.29, 1.82) is 0 Å². The van der Waals surface area contributed by atoms with Crippen LogP contribution in [0.5, 0.6) is 0 Å². The normalized spacial score (nSPS) is 12.2. The second-order valence-corrected chi connectivity index (χ2v) is 8.16. The van der Waals surface area contributed by atoms with Crippen molar-refractivity contribution in [1.82, 2.24) is 0 Å². The molecule has 0 bridgehead atoms. The fraction of sp³-hybridized carbons (Fsp3) is 0.720. The smallest absolute Gasteiger partial charge is 0.303 e. The van der Waals surface area contributed by atoms with Crippen molar-refractivity contribution in [3.05, 3.63) is 35.9 Å². The first-order valence-corrected chi connectivity index (χ1v) is 11.7. The summed E-state index contributed by atoms with van der Waals surface area (Å²) in [4.78, 5) is 10.4. The van der Waals surface area contributed by atoms with Crippen molar-refractivity contribution in [2.45, 2.75) is 109 Å².